The minimum atomic E-state index is 0.191. The summed E-state index contributed by atoms with van der Waals surface area (Å²) in [5.41, 5.74) is 0. The molecule has 5 nitrogen and oxygen atoms in total. The van der Waals surface area contributed by atoms with Crippen molar-refractivity contribution in [1.82, 2.24) is 25.5 Å². The molecule has 1 aromatic heterocycles. The molecule has 1 rings (SSSR count). The molecule has 1 heterocycles. The predicted octanol–water partition coefficient (Wildman–Crippen LogP) is 1.95. The highest BCUT2D eigenvalue weighted by atomic mass is 15.6. The van der Waals surface area contributed by atoms with E-state index in [0.29, 0.717) is 6.04 Å². The van der Waals surface area contributed by atoms with Crippen LogP contribution >= 0.6 is 0 Å². The van der Waals surface area contributed by atoms with E-state index in [9.17, 15) is 0 Å². The quantitative estimate of drug-likeness (QED) is 0.804. The van der Waals surface area contributed by atoms with Gasteiger partial charge in [-0.25, -0.2) is 4.68 Å². The van der Waals surface area contributed by atoms with E-state index in [0.717, 1.165) is 18.2 Å². The minimum absolute atomic E-state index is 0.191. The largest absolute Gasteiger partial charge is 0.311 e. The Hall–Kier alpha value is -0.970. The third kappa shape index (κ3) is 3.27. The van der Waals surface area contributed by atoms with E-state index in [4.69, 9.17) is 0 Å². The van der Waals surface area contributed by atoms with Crippen LogP contribution in [0.25, 0.3) is 0 Å². The van der Waals surface area contributed by atoms with Gasteiger partial charge in [-0.1, -0.05) is 13.8 Å². The van der Waals surface area contributed by atoms with Crippen LogP contribution in [-0.2, 0) is 0 Å². The Kier molecular flexibility index (Phi) is 4.86. The van der Waals surface area contributed by atoms with Crippen molar-refractivity contribution in [3.05, 3.63) is 5.82 Å². The third-order valence-electron chi connectivity index (χ3n) is 2.92. The molecule has 0 bridgehead atoms. The Morgan fingerprint density at radius 1 is 1.19 bits per heavy atom. The van der Waals surface area contributed by atoms with Crippen LogP contribution in [0.4, 0.5) is 0 Å². The van der Waals surface area contributed by atoms with Gasteiger partial charge in [-0.3, -0.25) is 0 Å². The molecule has 0 spiro atoms. The summed E-state index contributed by atoms with van der Waals surface area (Å²) < 4.78 is 1.93. The van der Waals surface area contributed by atoms with Crippen LogP contribution < -0.4 is 5.32 Å². The summed E-state index contributed by atoms with van der Waals surface area (Å²) in [5.74, 6) is 1.64. The van der Waals surface area contributed by atoms with Gasteiger partial charge in [-0.15, -0.1) is 5.10 Å². The lowest BCUT2D eigenvalue weighted by Crippen LogP contribution is -2.20. The summed E-state index contributed by atoms with van der Waals surface area (Å²) in [6, 6.07) is 0.555. The van der Waals surface area contributed by atoms with Gasteiger partial charge < -0.3 is 5.32 Å². The molecular weight excluding hydrogens is 202 g/mol. The van der Waals surface area contributed by atoms with Gasteiger partial charge in [0.25, 0.3) is 0 Å². The SMILES string of the molecule is CNC(C)c1nnnn1C(C)CCC(C)C. The molecular formula is C11H23N5. The van der Waals surface area contributed by atoms with Crippen molar-refractivity contribution in [2.45, 2.75) is 52.6 Å². The second-order valence-electron chi connectivity index (χ2n) is 4.81. The van der Waals surface area contributed by atoms with Crippen molar-refractivity contribution in [3.63, 3.8) is 0 Å². The van der Waals surface area contributed by atoms with Crippen molar-refractivity contribution in [2.24, 2.45) is 5.92 Å². The standard InChI is InChI=1S/C11H23N5/c1-8(2)6-7-9(3)16-11(10(4)12-5)13-14-15-16/h8-10,12H,6-7H2,1-5H3. The number of hydrogen-bond acceptors (Lipinski definition) is 4. The van der Waals surface area contributed by atoms with Gasteiger partial charge in [0.2, 0.25) is 0 Å². The maximum absolute atomic E-state index is 4.08. The third-order valence-corrected chi connectivity index (χ3v) is 2.92. The second kappa shape index (κ2) is 5.94. The molecule has 1 N–H and O–H groups in total. The summed E-state index contributed by atoms with van der Waals surface area (Å²) in [6.07, 6.45) is 2.32. The van der Waals surface area contributed by atoms with Gasteiger partial charge >= 0.3 is 0 Å². The fourth-order valence-corrected chi connectivity index (χ4v) is 1.63. The lowest BCUT2D eigenvalue weighted by atomic mass is 10.0. The van der Waals surface area contributed by atoms with Gasteiger partial charge in [-0.05, 0) is 50.1 Å². The van der Waals surface area contributed by atoms with E-state index in [2.05, 4.69) is 48.5 Å². The molecule has 92 valence electrons. The van der Waals surface area contributed by atoms with Gasteiger partial charge in [0.1, 0.15) is 0 Å². The topological polar surface area (TPSA) is 55.6 Å². The Bertz CT molecular complexity index is 307. The van der Waals surface area contributed by atoms with Crippen LogP contribution in [0.15, 0.2) is 0 Å². The molecule has 2 unspecified atom stereocenters. The van der Waals surface area contributed by atoms with E-state index in [1.165, 1.54) is 6.42 Å². The first-order valence-corrected chi connectivity index (χ1v) is 6.01. The zero-order valence-corrected chi connectivity index (χ0v) is 10.9. The predicted molar refractivity (Wildman–Crippen MR) is 64.1 cm³/mol. The smallest absolute Gasteiger partial charge is 0.168 e. The van der Waals surface area contributed by atoms with E-state index < -0.39 is 0 Å². The Morgan fingerprint density at radius 2 is 1.88 bits per heavy atom. The highest BCUT2D eigenvalue weighted by Crippen LogP contribution is 2.19. The molecule has 0 amide bonds. The monoisotopic (exact) mass is 225 g/mol. The van der Waals surface area contributed by atoms with E-state index >= 15 is 0 Å². The van der Waals surface area contributed by atoms with Crippen molar-refractivity contribution in [1.29, 1.82) is 0 Å². The molecule has 0 saturated carbocycles. The number of rotatable bonds is 6. The fourth-order valence-electron chi connectivity index (χ4n) is 1.63. The zero-order valence-electron chi connectivity index (χ0n) is 10.9. The summed E-state index contributed by atoms with van der Waals surface area (Å²) in [6.45, 7) is 8.72. The van der Waals surface area contributed by atoms with Gasteiger partial charge in [0.15, 0.2) is 5.82 Å². The summed E-state index contributed by atoms with van der Waals surface area (Å²) in [4.78, 5) is 0. The van der Waals surface area contributed by atoms with Gasteiger partial charge in [0.05, 0.1) is 12.1 Å². The molecule has 2 atom stereocenters. The van der Waals surface area contributed by atoms with Gasteiger partial charge in [0, 0.05) is 0 Å². The van der Waals surface area contributed by atoms with Crippen molar-refractivity contribution in [2.75, 3.05) is 7.05 Å². The van der Waals surface area contributed by atoms with Crippen LogP contribution in [0.1, 0.15) is 58.4 Å². The molecule has 1 aromatic rings. The molecule has 0 aromatic carbocycles. The molecule has 16 heavy (non-hydrogen) atoms. The number of hydrogen-bond donors (Lipinski definition) is 1. The summed E-state index contributed by atoms with van der Waals surface area (Å²) in [5, 5.41) is 15.1. The molecule has 0 aliphatic carbocycles. The maximum Gasteiger partial charge on any atom is 0.168 e. The summed E-state index contributed by atoms with van der Waals surface area (Å²) >= 11 is 0. The van der Waals surface area contributed by atoms with Gasteiger partial charge in [-0.2, -0.15) is 0 Å². The number of aromatic nitrogens is 4. The summed E-state index contributed by atoms with van der Waals surface area (Å²) in [7, 11) is 1.92. The fraction of sp³-hybridized carbons (Fsp3) is 0.909. The van der Waals surface area contributed by atoms with Crippen LogP contribution in [-0.4, -0.2) is 27.3 Å². The van der Waals surface area contributed by atoms with E-state index in [1.807, 2.05) is 11.7 Å². The van der Waals surface area contributed by atoms with Crippen LogP contribution in [0.3, 0.4) is 0 Å². The maximum atomic E-state index is 4.08. The molecule has 0 aliphatic heterocycles. The van der Waals surface area contributed by atoms with Crippen LogP contribution in [0.2, 0.25) is 0 Å². The van der Waals surface area contributed by atoms with E-state index in [-0.39, 0.29) is 6.04 Å². The Labute approximate surface area is 97.6 Å². The molecule has 0 fully saturated rings. The number of nitrogens with one attached hydrogen (secondary N) is 1. The van der Waals surface area contributed by atoms with Crippen LogP contribution in [0, 0.1) is 5.92 Å². The normalized spacial score (nSPS) is 15.4. The zero-order chi connectivity index (χ0) is 12.1. The first kappa shape index (κ1) is 13.1. The lowest BCUT2D eigenvalue weighted by Gasteiger charge is -2.17. The number of nitrogens with zero attached hydrogens (tertiary/aromatic N) is 4. The van der Waals surface area contributed by atoms with Crippen molar-refractivity contribution >= 4 is 0 Å². The first-order chi connectivity index (χ1) is 7.56. The molecule has 0 saturated heterocycles. The Balaban J connectivity index is 2.67. The lowest BCUT2D eigenvalue weighted by molar-refractivity contribution is 0.382. The van der Waals surface area contributed by atoms with Crippen molar-refractivity contribution < 1.29 is 0 Å². The Morgan fingerprint density at radius 3 is 2.44 bits per heavy atom. The van der Waals surface area contributed by atoms with Crippen LogP contribution in [0.5, 0.6) is 0 Å². The number of tetrazole rings is 1. The van der Waals surface area contributed by atoms with Crippen molar-refractivity contribution in [3.8, 4) is 0 Å². The second-order valence-corrected chi connectivity index (χ2v) is 4.81. The minimum Gasteiger partial charge on any atom is -0.311 e. The van der Waals surface area contributed by atoms with E-state index in [1.54, 1.807) is 0 Å². The highest BCUT2D eigenvalue weighted by Gasteiger charge is 2.17. The molecule has 5 heteroatoms. The first-order valence-electron chi connectivity index (χ1n) is 6.01. The molecule has 0 radical (unpaired) electrons. The average Bonchev–Trinajstić information content (AvgIpc) is 2.73. The average molecular weight is 225 g/mol. The molecule has 0 aliphatic rings. The highest BCUT2D eigenvalue weighted by molar-refractivity contribution is 4.90.